The molecule has 4 nitrogen and oxygen atoms in total. The molecule has 0 saturated carbocycles. The highest BCUT2D eigenvalue weighted by molar-refractivity contribution is 4.99. The minimum Gasteiger partial charge on any atom is -0.390 e. The molecule has 2 rings (SSSR count). The Hall–Kier alpha value is -0.870. The Kier molecular flexibility index (Phi) is 2.84. The normalized spacial score (nSPS) is 27.0. The molecule has 0 aliphatic carbocycles. The maximum atomic E-state index is 9.74. The van der Waals surface area contributed by atoms with Crippen molar-refractivity contribution in [3.63, 3.8) is 0 Å². The van der Waals surface area contributed by atoms with Crippen molar-refractivity contribution < 1.29 is 5.11 Å². The van der Waals surface area contributed by atoms with Crippen molar-refractivity contribution in [2.45, 2.75) is 31.9 Å². The van der Waals surface area contributed by atoms with Crippen molar-refractivity contribution in [3.8, 4) is 0 Å². The number of rotatable bonds is 3. The first-order chi connectivity index (χ1) is 6.83. The highest BCUT2D eigenvalue weighted by Gasteiger charge is 2.27. The third-order valence-electron chi connectivity index (χ3n) is 2.73. The number of imidazole rings is 1. The third-order valence-corrected chi connectivity index (χ3v) is 2.73. The molecule has 78 valence electrons. The van der Waals surface area contributed by atoms with Crippen LogP contribution < -0.4 is 5.32 Å². The van der Waals surface area contributed by atoms with Crippen molar-refractivity contribution in [1.29, 1.82) is 0 Å². The lowest BCUT2D eigenvalue weighted by Gasteiger charge is -2.17. The zero-order valence-electron chi connectivity index (χ0n) is 8.48. The Balaban J connectivity index is 2.17. The van der Waals surface area contributed by atoms with E-state index in [-0.39, 0.29) is 12.1 Å². The monoisotopic (exact) mass is 195 g/mol. The van der Waals surface area contributed by atoms with Crippen LogP contribution in [0, 0.1) is 0 Å². The van der Waals surface area contributed by atoms with E-state index in [1.807, 2.05) is 12.4 Å². The highest BCUT2D eigenvalue weighted by atomic mass is 16.3. The minimum atomic E-state index is -0.278. The quantitative estimate of drug-likeness (QED) is 0.731. The third kappa shape index (κ3) is 1.67. The first-order valence-electron chi connectivity index (χ1n) is 5.23. The van der Waals surface area contributed by atoms with Crippen molar-refractivity contribution in [1.82, 2.24) is 14.9 Å². The van der Waals surface area contributed by atoms with E-state index >= 15 is 0 Å². The van der Waals surface area contributed by atoms with Crippen LogP contribution in [0.25, 0.3) is 0 Å². The Bertz CT molecular complexity index is 297. The number of hydrogen-bond donors (Lipinski definition) is 2. The zero-order chi connectivity index (χ0) is 9.97. The van der Waals surface area contributed by atoms with Crippen LogP contribution >= 0.6 is 0 Å². The van der Waals surface area contributed by atoms with Gasteiger partial charge in [-0.15, -0.1) is 0 Å². The van der Waals surface area contributed by atoms with E-state index in [0.717, 1.165) is 25.2 Å². The van der Waals surface area contributed by atoms with Gasteiger partial charge >= 0.3 is 0 Å². The number of nitrogens with one attached hydrogen (secondary N) is 1. The summed E-state index contributed by atoms with van der Waals surface area (Å²) in [5, 5.41) is 12.9. The Morgan fingerprint density at radius 2 is 2.50 bits per heavy atom. The SMILES string of the molecule is CCCc1nccn1C1CNCC1O. The molecule has 1 aliphatic heterocycles. The van der Waals surface area contributed by atoms with Gasteiger partial charge in [-0.25, -0.2) is 4.98 Å². The lowest BCUT2D eigenvalue weighted by molar-refractivity contribution is 0.149. The van der Waals surface area contributed by atoms with E-state index in [0.29, 0.717) is 6.54 Å². The van der Waals surface area contributed by atoms with E-state index in [4.69, 9.17) is 0 Å². The molecular weight excluding hydrogens is 178 g/mol. The minimum absolute atomic E-state index is 0.166. The summed E-state index contributed by atoms with van der Waals surface area (Å²) in [5.74, 6) is 1.08. The van der Waals surface area contributed by atoms with Crippen LogP contribution in [0.3, 0.4) is 0 Å². The summed E-state index contributed by atoms with van der Waals surface area (Å²) in [6.07, 6.45) is 5.57. The summed E-state index contributed by atoms with van der Waals surface area (Å²) < 4.78 is 2.11. The van der Waals surface area contributed by atoms with Crippen LogP contribution in [0.2, 0.25) is 0 Å². The molecule has 0 amide bonds. The Morgan fingerprint density at radius 3 is 3.14 bits per heavy atom. The molecule has 0 spiro atoms. The summed E-state index contributed by atoms with van der Waals surface area (Å²) in [6, 6.07) is 0.166. The van der Waals surface area contributed by atoms with Crippen molar-refractivity contribution >= 4 is 0 Å². The van der Waals surface area contributed by atoms with Crippen LogP contribution in [0.15, 0.2) is 12.4 Å². The predicted molar refractivity (Wildman–Crippen MR) is 54.1 cm³/mol. The molecule has 0 radical (unpaired) electrons. The number of β-amino-alcohol motifs (C(OH)–C–C–N with tert-alkyl or cyclic N) is 1. The number of aromatic nitrogens is 2. The van der Waals surface area contributed by atoms with Gasteiger partial charge in [0.05, 0.1) is 12.1 Å². The fraction of sp³-hybridized carbons (Fsp3) is 0.700. The second kappa shape index (κ2) is 4.11. The smallest absolute Gasteiger partial charge is 0.109 e. The second-order valence-electron chi connectivity index (χ2n) is 3.79. The lowest BCUT2D eigenvalue weighted by atomic mass is 10.2. The number of aryl methyl sites for hydroxylation is 1. The molecule has 14 heavy (non-hydrogen) atoms. The van der Waals surface area contributed by atoms with Crippen LogP contribution in [-0.4, -0.2) is 33.9 Å². The van der Waals surface area contributed by atoms with E-state index in [9.17, 15) is 5.11 Å². The van der Waals surface area contributed by atoms with Crippen molar-refractivity contribution in [2.24, 2.45) is 0 Å². The molecule has 2 atom stereocenters. The van der Waals surface area contributed by atoms with E-state index in [2.05, 4.69) is 21.8 Å². The molecule has 1 aromatic heterocycles. The maximum absolute atomic E-state index is 9.74. The lowest BCUT2D eigenvalue weighted by Crippen LogP contribution is -2.23. The molecular formula is C10H17N3O. The summed E-state index contributed by atoms with van der Waals surface area (Å²) in [4.78, 5) is 4.31. The summed E-state index contributed by atoms with van der Waals surface area (Å²) >= 11 is 0. The van der Waals surface area contributed by atoms with E-state index < -0.39 is 0 Å². The van der Waals surface area contributed by atoms with Gasteiger partial charge in [-0.1, -0.05) is 6.92 Å². The fourth-order valence-electron chi connectivity index (χ4n) is 2.00. The topological polar surface area (TPSA) is 50.1 Å². The van der Waals surface area contributed by atoms with Gasteiger partial charge < -0.3 is 15.0 Å². The number of hydrogen-bond acceptors (Lipinski definition) is 3. The average molecular weight is 195 g/mol. The van der Waals surface area contributed by atoms with Crippen LogP contribution in [0.5, 0.6) is 0 Å². The van der Waals surface area contributed by atoms with Crippen LogP contribution in [0.1, 0.15) is 25.2 Å². The summed E-state index contributed by atoms with van der Waals surface area (Å²) in [5.41, 5.74) is 0. The van der Waals surface area contributed by atoms with Gasteiger partial charge in [-0.2, -0.15) is 0 Å². The second-order valence-corrected chi connectivity index (χ2v) is 3.79. The molecule has 1 fully saturated rings. The first kappa shape index (κ1) is 9.68. The first-order valence-corrected chi connectivity index (χ1v) is 5.23. The molecule has 1 saturated heterocycles. The molecule has 0 bridgehead atoms. The Labute approximate surface area is 84.0 Å². The van der Waals surface area contributed by atoms with Gasteiger partial charge in [0.1, 0.15) is 5.82 Å². The number of aliphatic hydroxyl groups excluding tert-OH is 1. The van der Waals surface area contributed by atoms with Gasteiger partial charge in [0.2, 0.25) is 0 Å². The average Bonchev–Trinajstić information content (AvgIpc) is 2.74. The van der Waals surface area contributed by atoms with Crippen molar-refractivity contribution in [2.75, 3.05) is 13.1 Å². The van der Waals surface area contributed by atoms with Crippen LogP contribution in [-0.2, 0) is 6.42 Å². The predicted octanol–water partition coefficient (Wildman–Crippen LogP) is 0.341. The molecule has 2 unspecified atom stereocenters. The molecule has 1 aliphatic rings. The van der Waals surface area contributed by atoms with Gasteiger partial charge in [-0.3, -0.25) is 0 Å². The van der Waals surface area contributed by atoms with E-state index in [1.54, 1.807) is 0 Å². The van der Waals surface area contributed by atoms with Crippen molar-refractivity contribution in [3.05, 3.63) is 18.2 Å². The van der Waals surface area contributed by atoms with E-state index in [1.165, 1.54) is 0 Å². The molecule has 0 aromatic carbocycles. The Morgan fingerprint density at radius 1 is 1.64 bits per heavy atom. The molecule has 2 N–H and O–H groups in total. The maximum Gasteiger partial charge on any atom is 0.109 e. The van der Waals surface area contributed by atoms with Crippen LogP contribution in [0.4, 0.5) is 0 Å². The summed E-state index contributed by atoms with van der Waals surface area (Å²) in [6.45, 7) is 3.67. The van der Waals surface area contributed by atoms with Gasteiger partial charge in [0, 0.05) is 31.9 Å². The molecule has 2 heterocycles. The van der Waals surface area contributed by atoms with Gasteiger partial charge in [0.25, 0.3) is 0 Å². The standard InChI is InChI=1S/C10H17N3O/c1-2-3-10-12-4-5-13(10)8-6-11-7-9(8)14/h4-5,8-9,11,14H,2-3,6-7H2,1H3. The zero-order valence-corrected chi connectivity index (χ0v) is 8.48. The number of nitrogens with zero attached hydrogens (tertiary/aromatic N) is 2. The fourth-order valence-corrected chi connectivity index (χ4v) is 2.00. The highest BCUT2D eigenvalue weighted by Crippen LogP contribution is 2.18. The molecule has 1 aromatic rings. The van der Waals surface area contributed by atoms with Gasteiger partial charge in [0.15, 0.2) is 0 Å². The van der Waals surface area contributed by atoms with Gasteiger partial charge in [-0.05, 0) is 6.42 Å². The largest absolute Gasteiger partial charge is 0.390 e. The number of aliphatic hydroxyl groups is 1. The summed E-state index contributed by atoms with van der Waals surface area (Å²) in [7, 11) is 0. The molecule has 4 heteroatoms.